The third kappa shape index (κ3) is 8.77. The van der Waals surface area contributed by atoms with Gasteiger partial charge in [0.25, 0.3) is 0 Å². The van der Waals surface area contributed by atoms with E-state index in [9.17, 15) is 26.3 Å². The first kappa shape index (κ1) is 41.6. The molecule has 1 aliphatic rings. The number of alkyl halides is 6. The van der Waals surface area contributed by atoms with Gasteiger partial charge in [0.15, 0.2) is 25.4 Å². The molecule has 7 rings (SSSR count). The third-order valence-electron chi connectivity index (χ3n) is 8.79. The average molecular weight is 907 g/mol. The number of fused-ring (bicyclic) bond motifs is 2. The van der Waals surface area contributed by atoms with Crippen LogP contribution in [0.1, 0.15) is 52.7 Å². The maximum absolute atomic E-state index is 12.6. The molecule has 286 valence electrons. The molecular formula is C34H32BCl2F6IN8O2. The average Bonchev–Trinajstić information content (AvgIpc) is 3.72. The Hall–Kier alpha value is -3.59. The Balaban J connectivity index is 0.000000161. The Morgan fingerprint density at radius 2 is 1.09 bits per heavy atom. The minimum absolute atomic E-state index is 0.213. The molecule has 0 spiro atoms. The topological polar surface area (TPSA) is 106 Å². The Morgan fingerprint density at radius 1 is 0.667 bits per heavy atom. The predicted octanol–water partition coefficient (Wildman–Crippen LogP) is 9.29. The van der Waals surface area contributed by atoms with E-state index in [-0.39, 0.29) is 5.15 Å². The van der Waals surface area contributed by atoms with Crippen molar-refractivity contribution in [3.63, 3.8) is 0 Å². The van der Waals surface area contributed by atoms with Gasteiger partial charge in [0, 0.05) is 41.2 Å². The van der Waals surface area contributed by atoms with E-state index in [1.165, 1.54) is 36.9 Å². The van der Waals surface area contributed by atoms with Crippen molar-refractivity contribution >= 4 is 80.7 Å². The van der Waals surface area contributed by atoms with Gasteiger partial charge in [0.05, 0.1) is 22.3 Å². The lowest BCUT2D eigenvalue weighted by atomic mass is 9.79. The fraction of sp³-hybridized carbons (Fsp3) is 0.353. The monoisotopic (exact) mass is 906 g/mol. The summed E-state index contributed by atoms with van der Waals surface area (Å²) in [5.74, 6) is 0.508. The highest BCUT2D eigenvalue weighted by Gasteiger charge is 2.51. The SMILES string of the molecule is CC1(C)OB(c2ccc(C(F)(F)F)cc2)OC1(C)C.CCn1c(-c2ccc(C(F)(F)F)cc2)nc2c(Cl)ncnc21.CCn1c(I)nc2c(Cl)ncnc21. The standard InChI is InChI=1S/C14H10ClF3N4.C13H16BF3O2.C7H6ClIN4/c1-2-22-12(21-10-11(15)19-7-20-13(10)22)8-3-5-9(6-4-8)14(16,17)18;1-11(2)12(3,4)19-14(18-11)10-7-5-9(6-8-10)13(15,16)17;1-2-13-6-4(12-7(13)9)5(8)10-3-11-6/h3-7H,2H2,1H3;5-8H,1-4H3;3H,2H2,1H3. The normalized spacial score (nSPS) is 15.2. The molecule has 0 radical (unpaired) electrons. The van der Waals surface area contributed by atoms with Gasteiger partial charge in [-0.2, -0.15) is 26.3 Å². The molecule has 1 fully saturated rings. The van der Waals surface area contributed by atoms with Gasteiger partial charge in [0.2, 0.25) is 0 Å². The van der Waals surface area contributed by atoms with Gasteiger partial charge < -0.3 is 18.4 Å². The molecular weight excluding hydrogens is 875 g/mol. The molecule has 2 aromatic carbocycles. The van der Waals surface area contributed by atoms with Gasteiger partial charge in [-0.25, -0.2) is 29.9 Å². The van der Waals surface area contributed by atoms with E-state index in [1.54, 1.807) is 4.57 Å². The van der Waals surface area contributed by atoms with E-state index in [0.717, 1.165) is 40.3 Å². The molecule has 0 saturated carbocycles. The highest BCUT2D eigenvalue weighted by molar-refractivity contribution is 14.1. The summed E-state index contributed by atoms with van der Waals surface area (Å²) in [5.41, 5.74) is 1.23. The van der Waals surface area contributed by atoms with Crippen LogP contribution in [0.4, 0.5) is 26.3 Å². The molecule has 0 amide bonds. The van der Waals surface area contributed by atoms with Gasteiger partial charge in [-0.05, 0) is 59.1 Å². The first-order valence-corrected chi connectivity index (χ1v) is 18.1. The van der Waals surface area contributed by atoms with Crippen molar-refractivity contribution < 1.29 is 35.7 Å². The summed E-state index contributed by atoms with van der Waals surface area (Å²) < 4.78 is 91.5. The zero-order valence-electron chi connectivity index (χ0n) is 29.6. The number of aromatic nitrogens is 8. The lowest BCUT2D eigenvalue weighted by molar-refractivity contribution is -0.138. The molecule has 20 heteroatoms. The second kappa shape index (κ2) is 15.9. The van der Waals surface area contributed by atoms with Crippen LogP contribution in [0, 0.1) is 3.83 Å². The number of hydrogen-bond donors (Lipinski definition) is 0. The van der Waals surface area contributed by atoms with Gasteiger partial charge >= 0.3 is 19.5 Å². The molecule has 5 heterocycles. The van der Waals surface area contributed by atoms with Gasteiger partial charge in [0.1, 0.15) is 29.5 Å². The number of benzene rings is 2. The van der Waals surface area contributed by atoms with Crippen LogP contribution in [0.5, 0.6) is 0 Å². The predicted molar refractivity (Wildman–Crippen MR) is 202 cm³/mol. The highest BCUT2D eigenvalue weighted by Crippen LogP contribution is 2.37. The van der Waals surface area contributed by atoms with Gasteiger partial charge in [-0.15, -0.1) is 0 Å². The van der Waals surface area contributed by atoms with Crippen molar-refractivity contribution in [1.82, 2.24) is 39.0 Å². The van der Waals surface area contributed by atoms with Crippen molar-refractivity contribution in [3.8, 4) is 11.4 Å². The summed E-state index contributed by atoms with van der Waals surface area (Å²) >= 11 is 14.0. The lowest BCUT2D eigenvalue weighted by Gasteiger charge is -2.32. The van der Waals surface area contributed by atoms with E-state index >= 15 is 0 Å². The van der Waals surface area contributed by atoms with E-state index < -0.39 is 41.8 Å². The number of rotatable bonds is 4. The van der Waals surface area contributed by atoms with Crippen LogP contribution in [0.2, 0.25) is 10.3 Å². The number of nitrogens with zero attached hydrogens (tertiary/aromatic N) is 8. The summed E-state index contributed by atoms with van der Waals surface area (Å²) in [4.78, 5) is 24.7. The smallest absolute Gasteiger partial charge is 0.399 e. The Morgan fingerprint density at radius 3 is 1.54 bits per heavy atom. The minimum atomic E-state index is -4.36. The largest absolute Gasteiger partial charge is 0.494 e. The maximum atomic E-state index is 12.6. The molecule has 6 aromatic rings. The van der Waals surface area contributed by atoms with Crippen molar-refractivity contribution in [3.05, 3.63) is 86.4 Å². The second-order valence-electron chi connectivity index (χ2n) is 12.8. The molecule has 0 unspecified atom stereocenters. The summed E-state index contributed by atoms with van der Waals surface area (Å²) in [6.45, 7) is 12.9. The van der Waals surface area contributed by atoms with E-state index in [4.69, 9.17) is 32.5 Å². The first-order valence-electron chi connectivity index (χ1n) is 16.3. The molecule has 1 aliphatic heterocycles. The number of halogens is 9. The van der Waals surface area contributed by atoms with Crippen LogP contribution < -0.4 is 5.46 Å². The molecule has 4 aromatic heterocycles. The van der Waals surface area contributed by atoms with Gasteiger partial charge in [-0.1, -0.05) is 59.6 Å². The highest BCUT2D eigenvalue weighted by atomic mass is 127. The molecule has 54 heavy (non-hydrogen) atoms. The second-order valence-corrected chi connectivity index (χ2v) is 14.4. The zero-order valence-corrected chi connectivity index (χ0v) is 33.2. The van der Waals surface area contributed by atoms with Crippen molar-refractivity contribution in [2.75, 3.05) is 0 Å². The summed E-state index contributed by atoms with van der Waals surface area (Å²) in [6.07, 6.45) is -5.91. The number of imidazole rings is 2. The fourth-order valence-electron chi connectivity index (χ4n) is 5.21. The molecule has 10 nitrogen and oxygen atoms in total. The quantitative estimate of drug-likeness (QED) is 0.0567. The number of aryl methyl sites for hydroxylation is 2. The first-order chi connectivity index (χ1) is 25.2. The van der Waals surface area contributed by atoms with Crippen molar-refractivity contribution in [2.45, 2.75) is 78.2 Å². The Kier molecular flexibility index (Phi) is 12.2. The van der Waals surface area contributed by atoms with E-state index in [1.807, 2.05) is 46.1 Å². The summed E-state index contributed by atoms with van der Waals surface area (Å²) in [6, 6.07) is 9.70. The summed E-state index contributed by atoms with van der Waals surface area (Å²) in [7, 11) is -0.632. The van der Waals surface area contributed by atoms with Gasteiger partial charge in [-0.3, -0.25) is 0 Å². The Labute approximate surface area is 329 Å². The minimum Gasteiger partial charge on any atom is -0.399 e. The van der Waals surface area contributed by atoms with Crippen molar-refractivity contribution in [1.29, 1.82) is 0 Å². The Bertz CT molecular complexity index is 2230. The molecule has 0 atom stereocenters. The van der Waals surface area contributed by atoms with Crippen LogP contribution in [0.3, 0.4) is 0 Å². The van der Waals surface area contributed by atoms with Crippen LogP contribution in [-0.2, 0) is 34.8 Å². The lowest BCUT2D eigenvalue weighted by Crippen LogP contribution is -2.41. The molecule has 0 N–H and O–H groups in total. The van der Waals surface area contributed by atoms with Crippen LogP contribution in [-0.4, -0.2) is 57.4 Å². The van der Waals surface area contributed by atoms with E-state index in [2.05, 4.69) is 52.5 Å². The third-order valence-corrected chi connectivity index (χ3v) is 10.2. The molecule has 0 bridgehead atoms. The molecule has 1 saturated heterocycles. The molecule has 0 aliphatic carbocycles. The van der Waals surface area contributed by atoms with Crippen LogP contribution in [0.25, 0.3) is 33.7 Å². The van der Waals surface area contributed by atoms with Crippen LogP contribution >= 0.6 is 45.8 Å². The zero-order chi connectivity index (χ0) is 39.8. The number of hydrogen-bond acceptors (Lipinski definition) is 8. The fourth-order valence-corrected chi connectivity index (χ4v) is 6.36. The van der Waals surface area contributed by atoms with Crippen molar-refractivity contribution in [2.24, 2.45) is 0 Å². The maximum Gasteiger partial charge on any atom is 0.494 e. The summed E-state index contributed by atoms with van der Waals surface area (Å²) in [5, 5.41) is 0.625. The van der Waals surface area contributed by atoms with Crippen LogP contribution in [0.15, 0.2) is 61.2 Å². The van der Waals surface area contributed by atoms with E-state index in [0.29, 0.717) is 45.2 Å².